The van der Waals surface area contributed by atoms with Crippen LogP contribution in [0.4, 0.5) is 0 Å². The molecule has 2 fully saturated rings. The first-order valence-electron chi connectivity index (χ1n) is 7.27. The maximum atomic E-state index is 12.2. The largest absolute Gasteiger partial charge is 0.381 e. The van der Waals surface area contributed by atoms with Crippen molar-refractivity contribution in [2.45, 2.75) is 38.5 Å². The fraction of sp³-hybridized carbons (Fsp3) is 0.929. The van der Waals surface area contributed by atoms with E-state index in [-0.39, 0.29) is 11.3 Å². The Morgan fingerprint density at radius 1 is 1.33 bits per heavy atom. The topological polar surface area (TPSA) is 50.4 Å². The van der Waals surface area contributed by atoms with E-state index in [9.17, 15) is 4.79 Å². The Hall–Kier alpha value is -0.610. The van der Waals surface area contributed by atoms with Gasteiger partial charge in [0.05, 0.1) is 5.41 Å². The average molecular weight is 254 g/mol. The zero-order chi connectivity index (χ0) is 12.8. The smallest absolute Gasteiger partial charge is 0.227 e. The van der Waals surface area contributed by atoms with Gasteiger partial charge in [0.2, 0.25) is 5.91 Å². The molecule has 2 N–H and O–H groups in total. The molecule has 1 heterocycles. The van der Waals surface area contributed by atoms with E-state index >= 15 is 0 Å². The lowest BCUT2D eigenvalue weighted by atomic mass is 9.68. The summed E-state index contributed by atoms with van der Waals surface area (Å²) in [5, 5.41) is 6.29. The Morgan fingerprint density at radius 3 is 2.61 bits per heavy atom. The monoisotopic (exact) mass is 254 g/mol. The van der Waals surface area contributed by atoms with E-state index in [2.05, 4.69) is 10.6 Å². The molecule has 0 spiro atoms. The standard InChI is InChI=1S/C14H26N2O2/c1-15-11-14(6-2-7-14)13(17)16-8-3-12-4-9-18-10-5-12/h12,15H,2-11H2,1H3,(H,16,17). The predicted octanol–water partition coefficient (Wildman–Crippen LogP) is 1.31. The van der Waals surface area contributed by atoms with Gasteiger partial charge in [0.25, 0.3) is 0 Å². The Balaban J connectivity index is 1.67. The number of nitrogens with one attached hydrogen (secondary N) is 2. The summed E-state index contributed by atoms with van der Waals surface area (Å²) in [6.07, 6.45) is 6.67. The van der Waals surface area contributed by atoms with Crippen LogP contribution in [0.15, 0.2) is 0 Å². The number of hydrogen-bond donors (Lipinski definition) is 2. The quantitative estimate of drug-likeness (QED) is 0.751. The van der Waals surface area contributed by atoms with Crippen molar-refractivity contribution < 1.29 is 9.53 Å². The van der Waals surface area contributed by atoms with Crippen molar-refractivity contribution in [3.63, 3.8) is 0 Å². The molecule has 1 saturated carbocycles. The summed E-state index contributed by atoms with van der Waals surface area (Å²) in [6, 6.07) is 0. The summed E-state index contributed by atoms with van der Waals surface area (Å²) < 4.78 is 5.34. The molecule has 2 aliphatic rings. The SMILES string of the molecule is CNCC1(C(=O)NCCC2CCOCC2)CCC1. The first-order chi connectivity index (χ1) is 8.77. The highest BCUT2D eigenvalue weighted by Crippen LogP contribution is 2.40. The van der Waals surface area contributed by atoms with Crippen molar-refractivity contribution in [3.8, 4) is 0 Å². The Bertz CT molecular complexity index is 271. The van der Waals surface area contributed by atoms with Crippen LogP contribution in [0.1, 0.15) is 38.5 Å². The molecule has 1 amide bonds. The Labute approximate surface area is 110 Å². The minimum Gasteiger partial charge on any atom is -0.381 e. The second-order valence-electron chi connectivity index (χ2n) is 5.76. The van der Waals surface area contributed by atoms with E-state index in [4.69, 9.17) is 4.74 Å². The van der Waals surface area contributed by atoms with Crippen LogP contribution in [0.25, 0.3) is 0 Å². The number of ether oxygens (including phenoxy) is 1. The maximum Gasteiger partial charge on any atom is 0.227 e. The van der Waals surface area contributed by atoms with Gasteiger partial charge in [-0.2, -0.15) is 0 Å². The van der Waals surface area contributed by atoms with Crippen molar-refractivity contribution in [3.05, 3.63) is 0 Å². The van der Waals surface area contributed by atoms with Gasteiger partial charge in [-0.25, -0.2) is 0 Å². The minimum absolute atomic E-state index is 0.107. The number of hydrogen-bond acceptors (Lipinski definition) is 3. The van der Waals surface area contributed by atoms with Gasteiger partial charge in [-0.05, 0) is 45.1 Å². The molecule has 0 aromatic heterocycles. The predicted molar refractivity (Wildman–Crippen MR) is 71.4 cm³/mol. The number of amides is 1. The van der Waals surface area contributed by atoms with Crippen molar-refractivity contribution in [2.75, 3.05) is 33.4 Å². The minimum atomic E-state index is -0.107. The summed E-state index contributed by atoms with van der Waals surface area (Å²) in [7, 11) is 1.93. The number of carbonyl (C=O) groups is 1. The Kier molecular flexibility index (Phi) is 5.01. The highest BCUT2D eigenvalue weighted by Gasteiger charge is 2.43. The average Bonchev–Trinajstić information content (AvgIpc) is 2.35. The molecule has 0 unspecified atom stereocenters. The van der Waals surface area contributed by atoms with Gasteiger partial charge in [0, 0.05) is 26.3 Å². The van der Waals surface area contributed by atoms with Crippen LogP contribution in [0.5, 0.6) is 0 Å². The summed E-state index contributed by atoms with van der Waals surface area (Å²) in [4.78, 5) is 12.2. The van der Waals surface area contributed by atoms with Crippen LogP contribution in [0.2, 0.25) is 0 Å². The molecule has 18 heavy (non-hydrogen) atoms. The number of rotatable bonds is 6. The van der Waals surface area contributed by atoms with E-state index in [1.54, 1.807) is 0 Å². The van der Waals surface area contributed by atoms with Gasteiger partial charge in [0.1, 0.15) is 0 Å². The summed E-state index contributed by atoms with van der Waals surface area (Å²) in [6.45, 7) is 3.43. The molecular formula is C14H26N2O2. The molecule has 1 saturated heterocycles. The molecule has 2 rings (SSSR count). The highest BCUT2D eigenvalue weighted by atomic mass is 16.5. The van der Waals surface area contributed by atoms with E-state index in [0.29, 0.717) is 0 Å². The molecule has 1 aliphatic heterocycles. The van der Waals surface area contributed by atoms with E-state index in [1.165, 1.54) is 6.42 Å². The van der Waals surface area contributed by atoms with Gasteiger partial charge in [-0.15, -0.1) is 0 Å². The van der Waals surface area contributed by atoms with Gasteiger partial charge < -0.3 is 15.4 Å². The third-order valence-electron chi connectivity index (χ3n) is 4.49. The lowest BCUT2D eigenvalue weighted by molar-refractivity contribution is -0.135. The maximum absolute atomic E-state index is 12.2. The van der Waals surface area contributed by atoms with Crippen LogP contribution >= 0.6 is 0 Å². The third-order valence-corrected chi connectivity index (χ3v) is 4.49. The van der Waals surface area contributed by atoms with Gasteiger partial charge >= 0.3 is 0 Å². The Morgan fingerprint density at radius 2 is 2.06 bits per heavy atom. The summed E-state index contributed by atoms with van der Waals surface area (Å²) in [5.41, 5.74) is -0.107. The summed E-state index contributed by atoms with van der Waals surface area (Å²) >= 11 is 0. The first kappa shape index (κ1) is 13.8. The molecule has 4 heteroatoms. The van der Waals surface area contributed by atoms with Crippen LogP contribution in [-0.2, 0) is 9.53 Å². The van der Waals surface area contributed by atoms with Crippen LogP contribution in [0, 0.1) is 11.3 Å². The molecule has 0 radical (unpaired) electrons. The molecule has 104 valence electrons. The zero-order valence-corrected chi connectivity index (χ0v) is 11.5. The van der Waals surface area contributed by atoms with Gasteiger partial charge in [0.15, 0.2) is 0 Å². The summed E-state index contributed by atoms with van der Waals surface area (Å²) in [5.74, 6) is 0.996. The number of carbonyl (C=O) groups excluding carboxylic acids is 1. The van der Waals surface area contributed by atoms with E-state index < -0.39 is 0 Å². The molecular weight excluding hydrogens is 228 g/mol. The fourth-order valence-electron chi connectivity index (χ4n) is 3.04. The van der Waals surface area contributed by atoms with Crippen molar-refractivity contribution >= 4 is 5.91 Å². The lowest BCUT2D eigenvalue weighted by Gasteiger charge is -2.40. The molecule has 0 aromatic carbocycles. The lowest BCUT2D eigenvalue weighted by Crippen LogP contribution is -2.51. The molecule has 0 atom stereocenters. The normalized spacial score (nSPS) is 23.4. The van der Waals surface area contributed by atoms with Crippen molar-refractivity contribution in [2.24, 2.45) is 11.3 Å². The van der Waals surface area contributed by atoms with Crippen molar-refractivity contribution in [1.82, 2.24) is 10.6 Å². The van der Waals surface area contributed by atoms with Gasteiger partial charge in [-0.3, -0.25) is 4.79 Å². The first-order valence-corrected chi connectivity index (χ1v) is 7.27. The van der Waals surface area contributed by atoms with Crippen LogP contribution < -0.4 is 10.6 Å². The second kappa shape index (κ2) is 6.53. The molecule has 1 aliphatic carbocycles. The van der Waals surface area contributed by atoms with Crippen LogP contribution in [0.3, 0.4) is 0 Å². The molecule has 0 bridgehead atoms. The second-order valence-corrected chi connectivity index (χ2v) is 5.76. The molecule has 4 nitrogen and oxygen atoms in total. The fourth-order valence-corrected chi connectivity index (χ4v) is 3.04. The van der Waals surface area contributed by atoms with E-state index in [0.717, 1.165) is 64.3 Å². The van der Waals surface area contributed by atoms with Crippen LogP contribution in [-0.4, -0.2) is 39.3 Å². The van der Waals surface area contributed by atoms with E-state index in [1.807, 2.05) is 7.05 Å². The third kappa shape index (κ3) is 3.23. The highest BCUT2D eigenvalue weighted by molar-refractivity contribution is 5.83. The van der Waals surface area contributed by atoms with Crippen molar-refractivity contribution in [1.29, 1.82) is 0 Å². The van der Waals surface area contributed by atoms with Gasteiger partial charge in [-0.1, -0.05) is 6.42 Å². The molecule has 0 aromatic rings. The zero-order valence-electron chi connectivity index (χ0n) is 11.5.